The molecular weight excluding hydrogens is 580 g/mol. The number of benzene rings is 2. The van der Waals surface area contributed by atoms with E-state index in [-0.39, 0.29) is 23.6 Å². The highest BCUT2D eigenvalue weighted by Crippen LogP contribution is 2.29. The lowest BCUT2D eigenvalue weighted by Crippen LogP contribution is -2.59. The molecule has 0 saturated carbocycles. The van der Waals surface area contributed by atoms with E-state index in [4.69, 9.17) is 14.2 Å². The van der Waals surface area contributed by atoms with Crippen LogP contribution < -0.4 is 10.1 Å². The van der Waals surface area contributed by atoms with E-state index in [1.807, 2.05) is 20.8 Å². The Hall–Kier alpha value is -2.71. The molecule has 1 heterocycles. The van der Waals surface area contributed by atoms with Crippen molar-refractivity contribution in [2.24, 2.45) is 17.8 Å². The Balaban J connectivity index is 1.71. The molecule has 1 amide bonds. The number of aliphatic hydroxyl groups excluding tert-OH is 5. The van der Waals surface area contributed by atoms with Crippen LogP contribution in [0.25, 0.3) is 0 Å². The zero-order valence-electron chi connectivity index (χ0n) is 25.6. The van der Waals surface area contributed by atoms with Gasteiger partial charge in [-0.15, -0.1) is 0 Å². The molecule has 1 fully saturated rings. The molecule has 0 aromatic heterocycles. The van der Waals surface area contributed by atoms with E-state index < -0.39 is 74.1 Å². The highest BCUT2D eigenvalue weighted by Gasteiger charge is 2.46. The quantitative estimate of drug-likeness (QED) is 0.186. The van der Waals surface area contributed by atoms with Crippen LogP contribution in [-0.2, 0) is 14.3 Å². The number of carbonyl (C=O) groups is 1. The van der Waals surface area contributed by atoms with Crippen molar-refractivity contribution in [1.82, 2.24) is 5.32 Å². The SMILES string of the molecule is CC(C)C(C)[C@@H](O)[C@@H](O)[C@H](CO[C@H]1OC(CO)[C@@H](F)C(O)C1O)NC(=O)C(C)C(C)c1ccc(Oc2ccc(F)cc2)cc1. The van der Waals surface area contributed by atoms with E-state index >= 15 is 0 Å². The number of rotatable bonds is 14. The molecule has 1 aliphatic heterocycles. The zero-order valence-corrected chi connectivity index (χ0v) is 25.6. The maximum Gasteiger partial charge on any atom is 0.223 e. The molecule has 3 rings (SSSR count). The summed E-state index contributed by atoms with van der Waals surface area (Å²) in [6.45, 7) is 7.83. The summed E-state index contributed by atoms with van der Waals surface area (Å²) in [5.74, 6) is -1.10. The molecule has 0 bridgehead atoms. The molecule has 6 unspecified atom stereocenters. The van der Waals surface area contributed by atoms with Crippen LogP contribution in [0.3, 0.4) is 0 Å². The van der Waals surface area contributed by atoms with Gasteiger partial charge in [-0.25, -0.2) is 8.78 Å². The smallest absolute Gasteiger partial charge is 0.223 e. The number of aliphatic hydroxyl groups is 5. The molecule has 0 spiro atoms. The maximum atomic E-state index is 14.2. The predicted molar refractivity (Wildman–Crippen MR) is 157 cm³/mol. The highest BCUT2D eigenvalue weighted by molar-refractivity contribution is 5.79. The fourth-order valence-corrected chi connectivity index (χ4v) is 4.85. The molecule has 1 saturated heterocycles. The third kappa shape index (κ3) is 8.94. The van der Waals surface area contributed by atoms with Gasteiger partial charge >= 0.3 is 0 Å². The van der Waals surface area contributed by atoms with Crippen LogP contribution in [0.4, 0.5) is 8.78 Å². The number of hydrogen-bond acceptors (Lipinski definition) is 9. The van der Waals surface area contributed by atoms with Crippen molar-refractivity contribution in [3.8, 4) is 11.5 Å². The van der Waals surface area contributed by atoms with Crippen LogP contribution in [0.5, 0.6) is 11.5 Å². The summed E-state index contributed by atoms with van der Waals surface area (Å²) in [7, 11) is 0. The van der Waals surface area contributed by atoms with Crippen LogP contribution >= 0.6 is 0 Å². The van der Waals surface area contributed by atoms with Crippen molar-refractivity contribution in [1.29, 1.82) is 0 Å². The Morgan fingerprint density at radius 1 is 0.932 bits per heavy atom. The lowest BCUT2D eigenvalue weighted by atomic mass is 9.86. The second-order valence-corrected chi connectivity index (χ2v) is 11.9. The molecule has 10 nitrogen and oxygen atoms in total. The Labute approximate surface area is 256 Å². The van der Waals surface area contributed by atoms with Crippen LogP contribution in [0.2, 0.25) is 0 Å². The van der Waals surface area contributed by atoms with Gasteiger partial charge in [0.15, 0.2) is 12.5 Å². The van der Waals surface area contributed by atoms with Crippen molar-refractivity contribution in [2.75, 3.05) is 13.2 Å². The van der Waals surface area contributed by atoms with Crippen LogP contribution in [0.15, 0.2) is 48.5 Å². The van der Waals surface area contributed by atoms with E-state index in [1.165, 1.54) is 24.3 Å². The minimum Gasteiger partial charge on any atom is -0.457 e. The molecule has 0 radical (unpaired) electrons. The first-order valence-corrected chi connectivity index (χ1v) is 14.8. The third-order valence-corrected chi connectivity index (χ3v) is 8.54. The third-order valence-electron chi connectivity index (χ3n) is 8.54. The van der Waals surface area contributed by atoms with Gasteiger partial charge in [0.25, 0.3) is 0 Å². The Kier molecular flexibility index (Phi) is 13.0. The molecule has 11 atom stereocenters. The van der Waals surface area contributed by atoms with Crippen molar-refractivity contribution in [3.05, 3.63) is 59.9 Å². The molecule has 6 N–H and O–H groups in total. The Morgan fingerprint density at radius 2 is 1.50 bits per heavy atom. The molecule has 246 valence electrons. The summed E-state index contributed by atoms with van der Waals surface area (Å²) in [5, 5.41) is 54.4. The summed E-state index contributed by atoms with van der Waals surface area (Å²) < 4.78 is 43.9. The lowest BCUT2D eigenvalue weighted by molar-refractivity contribution is -0.293. The van der Waals surface area contributed by atoms with Gasteiger partial charge in [0.2, 0.25) is 5.91 Å². The number of alkyl halides is 1. The fraction of sp³-hybridized carbons (Fsp3) is 0.594. The van der Waals surface area contributed by atoms with Crippen LogP contribution in [-0.4, -0.2) is 93.7 Å². The monoisotopic (exact) mass is 625 g/mol. The first-order valence-electron chi connectivity index (χ1n) is 14.8. The molecule has 44 heavy (non-hydrogen) atoms. The van der Waals surface area contributed by atoms with Gasteiger partial charge in [0, 0.05) is 5.92 Å². The van der Waals surface area contributed by atoms with Gasteiger partial charge in [-0.3, -0.25) is 4.79 Å². The van der Waals surface area contributed by atoms with Crippen LogP contribution in [0.1, 0.15) is 46.1 Å². The minimum absolute atomic E-state index is 0.00341. The molecule has 0 aliphatic carbocycles. The predicted octanol–water partition coefficient (Wildman–Crippen LogP) is 2.65. The maximum absolute atomic E-state index is 14.2. The summed E-state index contributed by atoms with van der Waals surface area (Å²) in [4.78, 5) is 13.4. The average Bonchev–Trinajstić information content (AvgIpc) is 3.02. The van der Waals surface area contributed by atoms with E-state index in [9.17, 15) is 39.1 Å². The second-order valence-electron chi connectivity index (χ2n) is 11.9. The molecule has 2 aromatic rings. The standard InChI is InChI=1S/C32H45F2NO9/c1-16(2)17(3)27(37)28(38)24(15-42-32-30(40)29(39)26(34)25(14-36)44-32)35-31(41)19(5)18(4)20-6-10-22(11-7-20)43-23-12-8-21(33)9-13-23/h6-13,16-19,24-30,32,36-40H,14-15H2,1-5H3,(H,35,41)/t17?,18?,19?,24-,25?,26+,27+,28-,29?,30?,32-/m0/s1. The van der Waals surface area contributed by atoms with E-state index in [0.717, 1.165) is 5.56 Å². The molecule has 12 heteroatoms. The van der Waals surface area contributed by atoms with Gasteiger partial charge < -0.3 is 45.1 Å². The first-order chi connectivity index (χ1) is 20.7. The van der Waals surface area contributed by atoms with E-state index in [2.05, 4.69) is 5.32 Å². The number of carbonyl (C=O) groups excluding carboxylic acids is 1. The van der Waals surface area contributed by atoms with Crippen molar-refractivity contribution in [2.45, 2.75) is 89.6 Å². The van der Waals surface area contributed by atoms with Crippen molar-refractivity contribution >= 4 is 5.91 Å². The number of hydrogen-bond donors (Lipinski definition) is 6. The van der Waals surface area contributed by atoms with Gasteiger partial charge in [0.05, 0.1) is 25.4 Å². The lowest BCUT2D eigenvalue weighted by Gasteiger charge is -2.39. The van der Waals surface area contributed by atoms with Crippen molar-refractivity contribution < 1.29 is 53.3 Å². The number of ether oxygens (including phenoxy) is 3. The van der Waals surface area contributed by atoms with Gasteiger partial charge in [-0.2, -0.15) is 0 Å². The minimum atomic E-state index is -2.05. The van der Waals surface area contributed by atoms with Gasteiger partial charge in [-0.05, 0) is 59.7 Å². The van der Waals surface area contributed by atoms with Crippen LogP contribution in [0, 0.1) is 23.6 Å². The second kappa shape index (κ2) is 16.0. The van der Waals surface area contributed by atoms with Gasteiger partial charge in [0.1, 0.15) is 41.7 Å². The topological polar surface area (TPSA) is 158 Å². The number of halogens is 2. The summed E-state index contributed by atoms with van der Waals surface area (Å²) >= 11 is 0. The largest absolute Gasteiger partial charge is 0.457 e. The number of amides is 1. The van der Waals surface area contributed by atoms with E-state index in [0.29, 0.717) is 11.5 Å². The number of nitrogens with one attached hydrogen (secondary N) is 1. The summed E-state index contributed by atoms with van der Waals surface area (Å²) in [6.07, 6.45) is -11.5. The molecule has 1 aliphatic rings. The molecular formula is C32H45F2NO9. The van der Waals surface area contributed by atoms with Crippen molar-refractivity contribution in [3.63, 3.8) is 0 Å². The molecule has 2 aromatic carbocycles. The summed E-state index contributed by atoms with van der Waals surface area (Å²) in [6, 6.07) is 11.5. The first kappa shape index (κ1) is 35.8. The zero-order chi connectivity index (χ0) is 32.7. The average molecular weight is 626 g/mol. The highest BCUT2D eigenvalue weighted by atomic mass is 19.1. The van der Waals surface area contributed by atoms with E-state index in [1.54, 1.807) is 38.1 Å². The normalized spacial score (nSPS) is 26.3. The van der Waals surface area contributed by atoms with Gasteiger partial charge in [-0.1, -0.05) is 46.8 Å². The Bertz CT molecular complexity index is 1170. The fourth-order valence-electron chi connectivity index (χ4n) is 4.85. The Morgan fingerprint density at radius 3 is 2.05 bits per heavy atom. The summed E-state index contributed by atoms with van der Waals surface area (Å²) in [5.41, 5.74) is 0.824.